The molecule has 0 aliphatic heterocycles. The summed E-state index contributed by atoms with van der Waals surface area (Å²) >= 11 is 0. The van der Waals surface area contributed by atoms with Gasteiger partial charge in [0, 0.05) is 5.57 Å². The predicted molar refractivity (Wildman–Crippen MR) is 43.9 cm³/mol. The van der Waals surface area contributed by atoms with Gasteiger partial charge in [0.15, 0.2) is 0 Å². The zero-order valence-electron chi connectivity index (χ0n) is 9.89. The van der Waals surface area contributed by atoms with Crippen molar-refractivity contribution < 1.29 is 87.5 Å². The smallest absolute Gasteiger partial charge is 0.790 e. The predicted octanol–water partition coefficient (Wildman–Crippen LogP) is -6.65. The summed E-state index contributed by atoms with van der Waals surface area (Å²) in [4.78, 5) is 31.0. The van der Waals surface area contributed by atoms with E-state index in [2.05, 4.69) is 15.8 Å². The molecule has 0 N–H and O–H groups in total. The van der Waals surface area contributed by atoms with Gasteiger partial charge in [0.2, 0.25) is 0 Å². The second kappa shape index (κ2) is 10.3. The monoisotopic (exact) mass is 268 g/mol. The van der Waals surface area contributed by atoms with Gasteiger partial charge in [0.05, 0.1) is 14.4 Å². The molecule has 16 heavy (non-hydrogen) atoms. The van der Waals surface area contributed by atoms with E-state index in [0.717, 1.165) is 0 Å². The fraction of sp³-hybridized carbons (Fsp3) is 0.571. The minimum atomic E-state index is -5.00. The summed E-state index contributed by atoms with van der Waals surface area (Å²) in [6.45, 7) is 5.69. The number of ether oxygens (including phenoxy) is 1. The molecular weight excluding hydrogens is 257 g/mol. The first-order valence-corrected chi connectivity index (χ1v) is 5.21. The normalized spacial score (nSPS) is 11.8. The number of carbonyl (C=O) groups excluding carboxylic acids is 1. The molecule has 0 amide bonds. The van der Waals surface area contributed by atoms with E-state index < -0.39 is 26.5 Å². The summed E-state index contributed by atoms with van der Waals surface area (Å²) in [7, 11) is -5.00. The van der Waals surface area contributed by atoms with Crippen LogP contribution in [0.15, 0.2) is 12.2 Å². The molecule has 0 rings (SSSR count). The molecule has 1 atom stereocenters. The van der Waals surface area contributed by atoms with Crippen LogP contribution in [0.3, 0.4) is 0 Å². The first kappa shape index (κ1) is 22.5. The molecule has 0 fully saturated rings. The first-order valence-electron chi connectivity index (χ1n) is 3.75. The molecule has 6 nitrogen and oxygen atoms in total. The van der Waals surface area contributed by atoms with E-state index in [9.17, 15) is 19.1 Å². The molecule has 0 aliphatic carbocycles. The van der Waals surface area contributed by atoms with E-state index in [4.69, 9.17) is 0 Å². The summed E-state index contributed by atoms with van der Waals surface area (Å²) in [6.07, 6.45) is -0.810. The average Bonchev–Trinajstić information content (AvgIpc) is 1.99. The van der Waals surface area contributed by atoms with Crippen LogP contribution in [0.2, 0.25) is 0 Å². The minimum absolute atomic E-state index is 0. The molecule has 1 unspecified atom stereocenters. The summed E-state index contributed by atoms with van der Waals surface area (Å²) in [5.41, 5.74) is 0.185. The number of hydrogen-bond donors (Lipinski definition) is 0. The van der Waals surface area contributed by atoms with Gasteiger partial charge in [-0.2, -0.15) is 0 Å². The van der Waals surface area contributed by atoms with E-state index in [-0.39, 0.29) is 64.7 Å². The van der Waals surface area contributed by atoms with E-state index in [1.807, 2.05) is 0 Å². The maximum atomic E-state index is 10.9. The van der Waals surface area contributed by atoms with Gasteiger partial charge >= 0.3 is 65.1 Å². The third-order valence-electron chi connectivity index (χ3n) is 1.12. The molecule has 0 spiro atoms. The van der Waals surface area contributed by atoms with Crippen molar-refractivity contribution in [2.24, 2.45) is 0 Å². The number of carbonyl (C=O) groups is 1. The van der Waals surface area contributed by atoms with Crippen molar-refractivity contribution in [3.63, 3.8) is 0 Å². The first-order chi connectivity index (χ1) is 6.22. The minimum Gasteiger partial charge on any atom is -0.790 e. The van der Waals surface area contributed by atoms with Crippen LogP contribution in [-0.2, 0) is 18.6 Å². The number of esters is 1. The second-order valence-electron chi connectivity index (χ2n) is 2.74. The van der Waals surface area contributed by atoms with Crippen LogP contribution < -0.4 is 68.9 Å². The fourth-order valence-electron chi connectivity index (χ4n) is 0.514. The van der Waals surface area contributed by atoms with Gasteiger partial charge in [0.25, 0.3) is 0 Å². The Balaban J connectivity index is -0.000000845. The molecule has 0 aromatic heterocycles. The Hall–Kier alpha value is 1.32. The summed E-state index contributed by atoms with van der Waals surface area (Å²) in [5.74, 6) is -0.660. The molecular formula is C7H11Na2O6P. The Labute approximate surface area is 139 Å². The molecule has 0 radical (unpaired) electrons. The van der Waals surface area contributed by atoms with Crippen LogP contribution in [0.5, 0.6) is 0 Å². The fourth-order valence-corrected chi connectivity index (χ4v) is 0.906. The van der Waals surface area contributed by atoms with Gasteiger partial charge < -0.3 is 23.6 Å². The summed E-state index contributed by atoms with van der Waals surface area (Å²) in [5, 5.41) is 0. The molecule has 82 valence electrons. The van der Waals surface area contributed by atoms with Crippen molar-refractivity contribution in [3.8, 4) is 0 Å². The molecule has 0 aromatic rings. The molecule has 0 saturated carbocycles. The topological polar surface area (TPSA) is 98.7 Å². The Kier molecular flexibility index (Phi) is 14.4. The van der Waals surface area contributed by atoms with Crippen LogP contribution in [0.25, 0.3) is 0 Å². The number of rotatable bonds is 5. The van der Waals surface area contributed by atoms with Crippen molar-refractivity contribution in [3.05, 3.63) is 12.2 Å². The quantitative estimate of drug-likeness (QED) is 0.213. The van der Waals surface area contributed by atoms with Crippen molar-refractivity contribution in [1.82, 2.24) is 0 Å². The Bertz CT molecular complexity index is 276. The summed E-state index contributed by atoms with van der Waals surface area (Å²) < 4.78 is 18.6. The Morgan fingerprint density at radius 1 is 1.44 bits per heavy atom. The van der Waals surface area contributed by atoms with Crippen LogP contribution in [-0.4, -0.2) is 18.7 Å². The van der Waals surface area contributed by atoms with Crippen molar-refractivity contribution in [1.29, 1.82) is 0 Å². The zero-order chi connectivity index (χ0) is 11.4. The largest absolute Gasteiger partial charge is 1.00 e. The molecule has 9 heteroatoms. The molecule has 0 aliphatic rings. The van der Waals surface area contributed by atoms with E-state index in [0.29, 0.717) is 0 Å². The molecule has 0 bridgehead atoms. The standard InChI is InChI=1S/C7H13O6P.2Na/c1-5(2)7(8)13-6(3)4-12-14(9,10)11;;/h6H,1,4H2,2-3H3,(H2,9,10,11);;/q;2*+1/p-2. The average molecular weight is 268 g/mol. The SMILES string of the molecule is C=C(C)C(=O)OC(C)COP(=O)([O-])[O-].[Na+].[Na+]. The molecule has 0 heterocycles. The summed E-state index contributed by atoms with van der Waals surface area (Å²) in [6, 6.07) is 0. The van der Waals surface area contributed by atoms with Gasteiger partial charge in [-0.3, -0.25) is 0 Å². The second-order valence-corrected chi connectivity index (χ2v) is 3.89. The van der Waals surface area contributed by atoms with Crippen LogP contribution in [0.4, 0.5) is 0 Å². The van der Waals surface area contributed by atoms with Crippen molar-refractivity contribution >= 4 is 13.8 Å². The van der Waals surface area contributed by atoms with Crippen LogP contribution >= 0.6 is 7.82 Å². The Morgan fingerprint density at radius 3 is 2.19 bits per heavy atom. The number of phosphoric acid groups is 1. The van der Waals surface area contributed by atoms with Crippen LogP contribution in [0.1, 0.15) is 13.8 Å². The maximum absolute atomic E-state index is 10.9. The van der Waals surface area contributed by atoms with Gasteiger partial charge in [-0.1, -0.05) is 6.58 Å². The third-order valence-corrected chi connectivity index (χ3v) is 1.59. The van der Waals surface area contributed by atoms with Crippen molar-refractivity contribution in [2.45, 2.75) is 20.0 Å². The van der Waals surface area contributed by atoms with Gasteiger partial charge in [0.1, 0.15) is 6.10 Å². The van der Waals surface area contributed by atoms with Gasteiger partial charge in [-0.15, -0.1) is 0 Å². The molecule has 0 aromatic carbocycles. The zero-order valence-corrected chi connectivity index (χ0v) is 14.8. The third kappa shape index (κ3) is 13.4. The maximum Gasteiger partial charge on any atom is 1.00 e. The van der Waals surface area contributed by atoms with Gasteiger partial charge in [-0.05, 0) is 13.8 Å². The number of hydrogen-bond acceptors (Lipinski definition) is 6. The van der Waals surface area contributed by atoms with Crippen molar-refractivity contribution in [2.75, 3.05) is 6.61 Å². The van der Waals surface area contributed by atoms with E-state index in [1.165, 1.54) is 13.8 Å². The Morgan fingerprint density at radius 2 is 1.88 bits per heavy atom. The number of phosphoric ester groups is 1. The van der Waals surface area contributed by atoms with E-state index >= 15 is 0 Å². The molecule has 0 saturated heterocycles. The van der Waals surface area contributed by atoms with Crippen LogP contribution in [0, 0.1) is 0 Å². The van der Waals surface area contributed by atoms with E-state index in [1.54, 1.807) is 0 Å². The van der Waals surface area contributed by atoms with Gasteiger partial charge in [-0.25, -0.2) is 4.79 Å².